The van der Waals surface area contributed by atoms with Gasteiger partial charge in [0.2, 0.25) is 0 Å². The molecule has 1 saturated heterocycles. The van der Waals surface area contributed by atoms with Gasteiger partial charge >= 0.3 is 6.09 Å². The fourth-order valence-corrected chi connectivity index (χ4v) is 3.10. The Labute approximate surface area is 137 Å². The van der Waals surface area contributed by atoms with Crippen LogP contribution in [0.5, 0.6) is 0 Å². The molecule has 0 radical (unpaired) electrons. The van der Waals surface area contributed by atoms with E-state index in [4.69, 9.17) is 9.47 Å². The van der Waals surface area contributed by atoms with Gasteiger partial charge in [0.1, 0.15) is 17.4 Å². The molecule has 0 spiro atoms. The van der Waals surface area contributed by atoms with Crippen molar-refractivity contribution < 1.29 is 19.1 Å². The van der Waals surface area contributed by atoms with Crippen molar-refractivity contribution in [1.82, 2.24) is 4.90 Å². The molecule has 126 valence electrons. The molecule has 0 N–H and O–H groups in total. The zero-order valence-corrected chi connectivity index (χ0v) is 14.2. The maximum atomic E-state index is 12.8. The summed E-state index contributed by atoms with van der Waals surface area (Å²) in [6.07, 6.45) is 1.60. The van der Waals surface area contributed by atoms with E-state index in [-0.39, 0.29) is 12.6 Å². The first-order valence-corrected chi connectivity index (χ1v) is 7.85. The number of rotatable bonds is 4. The summed E-state index contributed by atoms with van der Waals surface area (Å²) in [5.74, 6) is 0. The minimum atomic E-state index is -0.975. The second kappa shape index (κ2) is 6.71. The Kier molecular flexibility index (Phi) is 5.09. The summed E-state index contributed by atoms with van der Waals surface area (Å²) in [6, 6.07) is 9.54. The number of nitrogens with zero attached hydrogens (tertiary/aromatic N) is 1. The molecular weight excluding hydrogens is 294 g/mol. The van der Waals surface area contributed by atoms with Crippen molar-refractivity contribution in [3.8, 4) is 0 Å². The number of ether oxygens (including phenoxy) is 2. The van der Waals surface area contributed by atoms with Crippen LogP contribution in [0.25, 0.3) is 0 Å². The Hall–Kier alpha value is -1.88. The second-order valence-corrected chi connectivity index (χ2v) is 6.97. The van der Waals surface area contributed by atoms with Gasteiger partial charge in [-0.05, 0) is 39.2 Å². The summed E-state index contributed by atoms with van der Waals surface area (Å²) in [6.45, 7) is 5.62. The van der Waals surface area contributed by atoms with Crippen LogP contribution in [0.3, 0.4) is 0 Å². The molecule has 0 aliphatic carbocycles. The maximum Gasteiger partial charge on any atom is 0.411 e. The minimum Gasteiger partial charge on any atom is -0.444 e. The standard InChI is InChI=1S/C18H25NO4/c1-17(2,3)23-16(21)19-15(14-8-6-5-7-9-14)10-11-18(19,12-20)13-22-4/h5-9,12,15H,10-11,13H2,1-4H3/t15-,18+/m0/s1. The van der Waals surface area contributed by atoms with Gasteiger partial charge in [-0.1, -0.05) is 30.3 Å². The van der Waals surface area contributed by atoms with Crippen molar-refractivity contribution >= 4 is 12.4 Å². The van der Waals surface area contributed by atoms with E-state index in [1.165, 1.54) is 7.11 Å². The van der Waals surface area contributed by atoms with Crippen LogP contribution in [0, 0.1) is 0 Å². The van der Waals surface area contributed by atoms with E-state index in [1.54, 1.807) is 4.90 Å². The monoisotopic (exact) mass is 319 g/mol. The van der Waals surface area contributed by atoms with E-state index < -0.39 is 17.2 Å². The van der Waals surface area contributed by atoms with Crippen molar-refractivity contribution in [2.45, 2.75) is 50.8 Å². The molecule has 1 aliphatic rings. The van der Waals surface area contributed by atoms with Gasteiger partial charge in [0, 0.05) is 7.11 Å². The van der Waals surface area contributed by atoms with Gasteiger partial charge < -0.3 is 14.3 Å². The number of methoxy groups -OCH3 is 1. The molecule has 0 saturated carbocycles. The number of carbonyl (C=O) groups excluding carboxylic acids is 2. The molecule has 0 aromatic heterocycles. The highest BCUT2D eigenvalue weighted by Gasteiger charge is 2.51. The topological polar surface area (TPSA) is 55.8 Å². The molecule has 0 unspecified atom stereocenters. The van der Waals surface area contributed by atoms with Gasteiger partial charge in [-0.3, -0.25) is 4.90 Å². The average Bonchev–Trinajstić information content (AvgIpc) is 2.87. The lowest BCUT2D eigenvalue weighted by Gasteiger charge is -2.37. The number of hydrogen-bond donors (Lipinski definition) is 0. The van der Waals surface area contributed by atoms with E-state index in [9.17, 15) is 9.59 Å². The van der Waals surface area contributed by atoms with Gasteiger partial charge in [-0.25, -0.2) is 4.79 Å². The smallest absolute Gasteiger partial charge is 0.411 e. The summed E-state index contributed by atoms with van der Waals surface area (Å²) in [4.78, 5) is 26.2. The Bertz CT molecular complexity index is 552. The molecule has 1 aromatic carbocycles. The van der Waals surface area contributed by atoms with Crippen LogP contribution in [0.15, 0.2) is 30.3 Å². The molecule has 1 amide bonds. The zero-order chi connectivity index (χ0) is 17.1. The molecular formula is C18H25NO4. The van der Waals surface area contributed by atoms with Gasteiger partial charge in [0.05, 0.1) is 12.6 Å². The molecule has 23 heavy (non-hydrogen) atoms. The number of amides is 1. The predicted octanol–water partition coefficient (Wildman–Crippen LogP) is 3.34. The van der Waals surface area contributed by atoms with E-state index in [2.05, 4.69) is 0 Å². The van der Waals surface area contributed by atoms with Crippen LogP contribution in [-0.4, -0.2) is 42.1 Å². The van der Waals surface area contributed by atoms with Gasteiger partial charge in [0.25, 0.3) is 0 Å². The molecule has 2 rings (SSSR count). The van der Waals surface area contributed by atoms with E-state index >= 15 is 0 Å². The van der Waals surface area contributed by atoms with Crippen molar-refractivity contribution in [3.63, 3.8) is 0 Å². The molecule has 1 aliphatic heterocycles. The Balaban J connectivity index is 2.39. The van der Waals surface area contributed by atoms with Crippen molar-refractivity contribution in [2.24, 2.45) is 0 Å². The number of hydrogen-bond acceptors (Lipinski definition) is 4. The van der Waals surface area contributed by atoms with E-state index in [0.29, 0.717) is 12.8 Å². The highest BCUT2D eigenvalue weighted by molar-refractivity contribution is 5.78. The third kappa shape index (κ3) is 3.72. The average molecular weight is 319 g/mol. The Morgan fingerprint density at radius 1 is 1.35 bits per heavy atom. The lowest BCUT2D eigenvalue weighted by atomic mass is 10.00. The van der Waals surface area contributed by atoms with Crippen molar-refractivity contribution in [2.75, 3.05) is 13.7 Å². The molecule has 1 aromatic rings. The van der Waals surface area contributed by atoms with Crippen molar-refractivity contribution in [3.05, 3.63) is 35.9 Å². The second-order valence-electron chi connectivity index (χ2n) is 6.97. The largest absolute Gasteiger partial charge is 0.444 e. The normalized spacial score (nSPS) is 24.5. The third-order valence-electron chi connectivity index (χ3n) is 4.03. The summed E-state index contributed by atoms with van der Waals surface area (Å²) in [7, 11) is 1.54. The molecule has 0 bridgehead atoms. The summed E-state index contributed by atoms with van der Waals surface area (Å²) in [5, 5.41) is 0. The number of aldehydes is 1. The zero-order valence-electron chi connectivity index (χ0n) is 14.2. The summed E-state index contributed by atoms with van der Waals surface area (Å²) >= 11 is 0. The highest BCUT2D eigenvalue weighted by Crippen LogP contribution is 2.42. The minimum absolute atomic E-state index is 0.166. The van der Waals surface area contributed by atoms with Crippen LogP contribution < -0.4 is 0 Å². The molecule has 5 nitrogen and oxygen atoms in total. The third-order valence-corrected chi connectivity index (χ3v) is 4.03. The summed E-state index contributed by atoms with van der Waals surface area (Å²) < 4.78 is 10.8. The first kappa shape index (κ1) is 17.5. The molecule has 1 heterocycles. The fraction of sp³-hybridized carbons (Fsp3) is 0.556. The van der Waals surface area contributed by atoms with Crippen LogP contribution in [0.1, 0.15) is 45.2 Å². The van der Waals surface area contributed by atoms with Gasteiger partial charge in [0.15, 0.2) is 0 Å². The van der Waals surface area contributed by atoms with Crippen molar-refractivity contribution in [1.29, 1.82) is 0 Å². The first-order valence-electron chi connectivity index (χ1n) is 7.85. The lowest BCUT2D eigenvalue weighted by Crippen LogP contribution is -2.53. The van der Waals surface area contributed by atoms with Gasteiger partial charge in [-0.15, -0.1) is 0 Å². The quantitative estimate of drug-likeness (QED) is 0.799. The first-order chi connectivity index (χ1) is 10.8. The Morgan fingerprint density at radius 2 is 2.00 bits per heavy atom. The molecule has 5 heteroatoms. The van der Waals surface area contributed by atoms with Crippen LogP contribution in [0.4, 0.5) is 4.79 Å². The lowest BCUT2D eigenvalue weighted by molar-refractivity contribution is -0.121. The molecule has 1 fully saturated rings. The highest BCUT2D eigenvalue weighted by atomic mass is 16.6. The maximum absolute atomic E-state index is 12.8. The number of carbonyl (C=O) groups is 2. The fourth-order valence-electron chi connectivity index (χ4n) is 3.10. The van der Waals surface area contributed by atoms with Crippen LogP contribution in [0.2, 0.25) is 0 Å². The number of likely N-dealkylation sites (tertiary alicyclic amines) is 1. The number of benzene rings is 1. The van der Waals surface area contributed by atoms with E-state index in [0.717, 1.165) is 11.8 Å². The van der Waals surface area contributed by atoms with E-state index in [1.807, 2.05) is 51.1 Å². The predicted molar refractivity (Wildman–Crippen MR) is 87.2 cm³/mol. The van der Waals surface area contributed by atoms with Crippen LogP contribution in [-0.2, 0) is 14.3 Å². The van der Waals surface area contributed by atoms with Gasteiger partial charge in [-0.2, -0.15) is 0 Å². The summed E-state index contributed by atoms with van der Waals surface area (Å²) in [5.41, 5.74) is -0.599. The Morgan fingerprint density at radius 3 is 2.52 bits per heavy atom. The molecule has 2 atom stereocenters. The van der Waals surface area contributed by atoms with Crippen LogP contribution >= 0.6 is 0 Å². The SMILES string of the molecule is COC[C@]1(C=O)CC[C@@H](c2ccccc2)N1C(=O)OC(C)(C)C.